The highest BCUT2D eigenvalue weighted by atomic mass is 16.5. The van der Waals surface area contributed by atoms with Crippen molar-refractivity contribution in [1.29, 1.82) is 0 Å². The van der Waals surface area contributed by atoms with Crippen molar-refractivity contribution in [2.24, 2.45) is 0 Å². The second kappa shape index (κ2) is 8.54. The molecule has 26 heavy (non-hydrogen) atoms. The minimum Gasteiger partial charge on any atom is -0.497 e. The lowest BCUT2D eigenvalue weighted by molar-refractivity contribution is -0.133. The topological polar surface area (TPSA) is 61.9 Å². The van der Waals surface area contributed by atoms with Gasteiger partial charge in [0.2, 0.25) is 11.8 Å². The molecule has 0 radical (unpaired) electrons. The lowest BCUT2D eigenvalue weighted by atomic mass is 10.1. The average Bonchev–Trinajstić information content (AvgIpc) is 2.60. The van der Waals surface area contributed by atoms with Gasteiger partial charge in [-0.15, -0.1) is 0 Å². The summed E-state index contributed by atoms with van der Waals surface area (Å²) in [5.41, 5.74) is 0.748. The van der Waals surface area contributed by atoms with Gasteiger partial charge in [-0.05, 0) is 45.4 Å². The normalized spacial score (nSPS) is 16.9. The summed E-state index contributed by atoms with van der Waals surface area (Å²) in [5.74, 6) is 0.953. The molecule has 1 aliphatic rings. The summed E-state index contributed by atoms with van der Waals surface area (Å²) in [6.07, 6.45) is 0.393. The van der Waals surface area contributed by atoms with Crippen molar-refractivity contribution in [3.8, 4) is 5.75 Å². The van der Waals surface area contributed by atoms with Gasteiger partial charge in [0.15, 0.2) is 0 Å². The Bertz CT molecular complexity index is 614. The fraction of sp³-hybridized carbons (Fsp3) is 0.600. The molecule has 1 saturated heterocycles. The molecule has 1 aromatic carbocycles. The number of ether oxygens (including phenoxy) is 1. The van der Waals surface area contributed by atoms with Crippen LogP contribution in [0, 0.1) is 0 Å². The minimum absolute atomic E-state index is 0.0375. The number of piperazine rings is 1. The van der Waals surface area contributed by atoms with Crippen LogP contribution in [-0.2, 0) is 16.0 Å². The molecular formula is C20H31N3O3. The number of benzene rings is 1. The van der Waals surface area contributed by atoms with Gasteiger partial charge < -0.3 is 15.0 Å². The Morgan fingerprint density at radius 2 is 1.69 bits per heavy atom. The van der Waals surface area contributed by atoms with E-state index in [-0.39, 0.29) is 23.4 Å². The van der Waals surface area contributed by atoms with Gasteiger partial charge in [-0.1, -0.05) is 12.1 Å². The number of methoxy groups -OCH3 is 1. The van der Waals surface area contributed by atoms with E-state index >= 15 is 0 Å². The zero-order valence-corrected chi connectivity index (χ0v) is 16.5. The molecule has 6 nitrogen and oxygen atoms in total. The van der Waals surface area contributed by atoms with E-state index in [4.69, 9.17) is 4.74 Å². The average molecular weight is 361 g/mol. The lowest BCUT2D eigenvalue weighted by Crippen LogP contribution is -2.57. The van der Waals surface area contributed by atoms with Gasteiger partial charge >= 0.3 is 0 Å². The first-order valence-corrected chi connectivity index (χ1v) is 9.16. The van der Waals surface area contributed by atoms with E-state index in [9.17, 15) is 9.59 Å². The van der Waals surface area contributed by atoms with Crippen LogP contribution in [0.4, 0.5) is 0 Å². The highest BCUT2D eigenvalue weighted by molar-refractivity contribution is 5.82. The Labute approximate surface area is 156 Å². The third-order valence-electron chi connectivity index (χ3n) is 4.61. The molecule has 0 bridgehead atoms. The SMILES string of the molecule is COc1ccc(CC(=O)N2CCN(C(C)C(=O)NC(C)(C)C)CC2)cc1. The summed E-state index contributed by atoms with van der Waals surface area (Å²) in [7, 11) is 1.63. The molecule has 0 aromatic heterocycles. The molecule has 1 N–H and O–H groups in total. The second-order valence-corrected chi connectivity index (χ2v) is 7.86. The van der Waals surface area contributed by atoms with E-state index in [0.29, 0.717) is 32.6 Å². The maximum absolute atomic E-state index is 12.5. The quantitative estimate of drug-likeness (QED) is 0.867. The molecule has 2 rings (SSSR count). The molecule has 1 aliphatic heterocycles. The number of amides is 2. The Morgan fingerprint density at radius 1 is 1.12 bits per heavy atom. The highest BCUT2D eigenvalue weighted by Crippen LogP contribution is 2.14. The predicted octanol–water partition coefficient (Wildman–Crippen LogP) is 1.69. The highest BCUT2D eigenvalue weighted by Gasteiger charge is 2.28. The summed E-state index contributed by atoms with van der Waals surface area (Å²) in [6.45, 7) is 10.6. The molecule has 1 unspecified atom stereocenters. The Morgan fingerprint density at radius 3 is 2.19 bits per heavy atom. The zero-order valence-electron chi connectivity index (χ0n) is 16.5. The standard InChI is InChI=1S/C20H31N3O3/c1-15(19(25)21-20(2,3)4)22-10-12-23(13-11-22)18(24)14-16-6-8-17(26-5)9-7-16/h6-9,15H,10-14H2,1-5H3,(H,21,25). The summed E-state index contributed by atoms with van der Waals surface area (Å²) in [5, 5.41) is 3.02. The molecule has 1 fully saturated rings. The molecule has 2 amide bonds. The second-order valence-electron chi connectivity index (χ2n) is 7.86. The van der Waals surface area contributed by atoms with Gasteiger partial charge in [0.05, 0.1) is 19.6 Å². The molecular weight excluding hydrogens is 330 g/mol. The Balaban J connectivity index is 1.83. The monoisotopic (exact) mass is 361 g/mol. The fourth-order valence-electron chi connectivity index (χ4n) is 3.03. The van der Waals surface area contributed by atoms with Gasteiger partial charge in [-0.25, -0.2) is 0 Å². The predicted molar refractivity (Wildman–Crippen MR) is 102 cm³/mol. The first-order valence-electron chi connectivity index (χ1n) is 9.16. The summed E-state index contributed by atoms with van der Waals surface area (Å²) in [6, 6.07) is 7.40. The van der Waals surface area contributed by atoms with Gasteiger partial charge in [0.1, 0.15) is 5.75 Å². The maximum atomic E-state index is 12.5. The van der Waals surface area contributed by atoms with E-state index < -0.39 is 0 Å². The first-order chi connectivity index (χ1) is 12.2. The molecule has 0 spiro atoms. The van der Waals surface area contributed by atoms with E-state index in [2.05, 4.69) is 10.2 Å². The van der Waals surface area contributed by atoms with E-state index in [1.165, 1.54) is 0 Å². The number of hydrogen-bond acceptors (Lipinski definition) is 4. The summed E-state index contributed by atoms with van der Waals surface area (Å²) >= 11 is 0. The third-order valence-corrected chi connectivity index (χ3v) is 4.61. The molecule has 1 heterocycles. The van der Waals surface area contributed by atoms with Gasteiger partial charge in [-0.3, -0.25) is 14.5 Å². The van der Waals surface area contributed by atoms with Crippen LogP contribution in [0.15, 0.2) is 24.3 Å². The van der Waals surface area contributed by atoms with E-state index in [1.54, 1.807) is 7.11 Å². The number of nitrogens with zero attached hydrogens (tertiary/aromatic N) is 2. The smallest absolute Gasteiger partial charge is 0.237 e. The van der Waals surface area contributed by atoms with Crippen LogP contribution in [0.25, 0.3) is 0 Å². The third kappa shape index (κ3) is 5.73. The lowest BCUT2D eigenvalue weighted by Gasteiger charge is -2.38. The Kier molecular flexibility index (Phi) is 6.64. The van der Waals surface area contributed by atoms with E-state index in [0.717, 1.165) is 11.3 Å². The van der Waals surface area contributed by atoms with Gasteiger partial charge in [0.25, 0.3) is 0 Å². The molecule has 0 aliphatic carbocycles. The van der Waals surface area contributed by atoms with Crippen molar-refractivity contribution in [1.82, 2.24) is 15.1 Å². The van der Waals surface area contributed by atoms with Crippen molar-refractivity contribution < 1.29 is 14.3 Å². The van der Waals surface area contributed by atoms with Crippen LogP contribution < -0.4 is 10.1 Å². The van der Waals surface area contributed by atoms with Crippen LogP contribution in [0.3, 0.4) is 0 Å². The van der Waals surface area contributed by atoms with E-state index in [1.807, 2.05) is 56.9 Å². The molecule has 1 aromatic rings. The molecule has 6 heteroatoms. The minimum atomic E-state index is -0.235. The fourth-order valence-corrected chi connectivity index (χ4v) is 3.03. The van der Waals surface area contributed by atoms with Crippen molar-refractivity contribution in [3.63, 3.8) is 0 Å². The van der Waals surface area contributed by atoms with Crippen LogP contribution >= 0.6 is 0 Å². The van der Waals surface area contributed by atoms with Crippen molar-refractivity contribution in [3.05, 3.63) is 29.8 Å². The molecule has 144 valence electrons. The largest absolute Gasteiger partial charge is 0.497 e. The van der Waals surface area contributed by atoms with Gasteiger partial charge in [0, 0.05) is 31.7 Å². The van der Waals surface area contributed by atoms with Crippen LogP contribution in [0.2, 0.25) is 0 Å². The number of hydrogen-bond donors (Lipinski definition) is 1. The van der Waals surface area contributed by atoms with Crippen molar-refractivity contribution in [2.45, 2.75) is 45.7 Å². The van der Waals surface area contributed by atoms with Crippen LogP contribution in [0.5, 0.6) is 5.75 Å². The maximum Gasteiger partial charge on any atom is 0.237 e. The van der Waals surface area contributed by atoms with Crippen LogP contribution in [0.1, 0.15) is 33.3 Å². The number of rotatable bonds is 5. The molecule has 1 atom stereocenters. The van der Waals surface area contributed by atoms with Crippen molar-refractivity contribution in [2.75, 3.05) is 33.3 Å². The number of carbonyl (C=O) groups excluding carboxylic acids is 2. The van der Waals surface area contributed by atoms with Gasteiger partial charge in [-0.2, -0.15) is 0 Å². The first kappa shape index (κ1) is 20.2. The molecule has 0 saturated carbocycles. The zero-order chi connectivity index (χ0) is 19.3. The number of nitrogens with one attached hydrogen (secondary N) is 1. The summed E-state index contributed by atoms with van der Waals surface area (Å²) in [4.78, 5) is 28.9. The van der Waals surface area contributed by atoms with Crippen molar-refractivity contribution >= 4 is 11.8 Å². The Hall–Kier alpha value is -2.08. The summed E-state index contributed by atoms with van der Waals surface area (Å²) < 4.78 is 5.14. The van der Waals surface area contributed by atoms with Crippen LogP contribution in [-0.4, -0.2) is 66.5 Å². The number of carbonyl (C=O) groups is 2.